The second kappa shape index (κ2) is 5.43. The minimum Gasteiger partial charge on any atom is -0.487 e. The summed E-state index contributed by atoms with van der Waals surface area (Å²) in [6.07, 6.45) is 7.22. The third-order valence-corrected chi connectivity index (χ3v) is 3.72. The van der Waals surface area contributed by atoms with Crippen LogP contribution in [0.25, 0.3) is 0 Å². The highest BCUT2D eigenvalue weighted by molar-refractivity contribution is 5.31. The van der Waals surface area contributed by atoms with Crippen molar-refractivity contribution in [3.8, 4) is 5.75 Å². The molecule has 1 aliphatic rings. The smallest absolute Gasteiger partial charge is 0.134 e. The topological polar surface area (TPSA) is 39.9 Å². The molecule has 0 amide bonds. The Labute approximate surface area is 113 Å². The van der Waals surface area contributed by atoms with Gasteiger partial charge in [0.15, 0.2) is 0 Å². The normalized spacial score (nSPS) is 15.8. The summed E-state index contributed by atoms with van der Waals surface area (Å²) in [5.74, 6) is 1.65. The highest BCUT2D eigenvalue weighted by Crippen LogP contribution is 2.35. The Morgan fingerprint density at radius 3 is 2.89 bits per heavy atom. The van der Waals surface area contributed by atoms with E-state index in [-0.39, 0.29) is 0 Å². The van der Waals surface area contributed by atoms with Crippen molar-refractivity contribution in [2.24, 2.45) is 7.05 Å². The highest BCUT2D eigenvalue weighted by Gasteiger charge is 2.17. The summed E-state index contributed by atoms with van der Waals surface area (Å²) in [5, 5.41) is 7.91. The van der Waals surface area contributed by atoms with E-state index in [9.17, 15) is 0 Å². The van der Waals surface area contributed by atoms with Gasteiger partial charge in [0, 0.05) is 7.05 Å². The summed E-state index contributed by atoms with van der Waals surface area (Å²) < 4.78 is 7.48. The molecule has 1 saturated carbocycles. The summed E-state index contributed by atoms with van der Waals surface area (Å²) in [6, 6.07) is 8.48. The van der Waals surface area contributed by atoms with Crippen LogP contribution in [0, 0.1) is 0 Å². The first-order chi connectivity index (χ1) is 9.31. The number of hydrogen-bond donors (Lipinski definition) is 0. The average molecular weight is 257 g/mol. The van der Waals surface area contributed by atoms with E-state index in [1.165, 1.54) is 31.2 Å². The van der Waals surface area contributed by atoms with Crippen LogP contribution in [-0.4, -0.2) is 15.0 Å². The lowest BCUT2D eigenvalue weighted by Gasteiger charge is -2.11. The monoisotopic (exact) mass is 257 g/mol. The zero-order chi connectivity index (χ0) is 13.1. The summed E-state index contributed by atoms with van der Waals surface area (Å²) in [5.41, 5.74) is 2.27. The first-order valence-electron chi connectivity index (χ1n) is 6.89. The quantitative estimate of drug-likeness (QED) is 0.845. The molecule has 0 unspecified atom stereocenters. The lowest BCUT2D eigenvalue weighted by atomic mass is 9.98. The van der Waals surface area contributed by atoms with Crippen molar-refractivity contribution in [1.29, 1.82) is 0 Å². The Balaban J connectivity index is 1.65. The van der Waals surface area contributed by atoms with E-state index >= 15 is 0 Å². The Morgan fingerprint density at radius 2 is 2.16 bits per heavy atom. The molecule has 0 spiro atoms. The molecule has 0 aliphatic heterocycles. The van der Waals surface area contributed by atoms with E-state index in [0.717, 1.165) is 17.4 Å². The zero-order valence-electron chi connectivity index (χ0n) is 11.2. The molecule has 1 fully saturated rings. The summed E-state index contributed by atoms with van der Waals surface area (Å²) in [4.78, 5) is 0. The van der Waals surface area contributed by atoms with Crippen LogP contribution in [0.3, 0.4) is 0 Å². The molecule has 0 radical (unpaired) electrons. The van der Waals surface area contributed by atoms with Crippen LogP contribution in [0.15, 0.2) is 30.5 Å². The second-order valence-electron chi connectivity index (χ2n) is 5.23. The summed E-state index contributed by atoms with van der Waals surface area (Å²) in [7, 11) is 1.86. The molecule has 4 nitrogen and oxygen atoms in total. The highest BCUT2D eigenvalue weighted by atomic mass is 16.5. The molecule has 19 heavy (non-hydrogen) atoms. The number of rotatable bonds is 4. The molecule has 1 aliphatic carbocycles. The van der Waals surface area contributed by atoms with Crippen molar-refractivity contribution in [3.05, 3.63) is 41.7 Å². The Kier molecular flexibility index (Phi) is 3.49. The molecule has 100 valence electrons. The number of benzene rings is 1. The van der Waals surface area contributed by atoms with Gasteiger partial charge in [0.25, 0.3) is 0 Å². The van der Waals surface area contributed by atoms with Crippen molar-refractivity contribution in [3.63, 3.8) is 0 Å². The average Bonchev–Trinajstić information content (AvgIpc) is 3.08. The molecule has 0 bridgehead atoms. The molecule has 4 heteroatoms. The van der Waals surface area contributed by atoms with E-state index in [0.29, 0.717) is 6.61 Å². The fourth-order valence-corrected chi connectivity index (χ4v) is 2.74. The standard InChI is InChI=1S/C15H19N3O/c1-18-10-14(16-17-18)11-19-15-8-4-7-13(9-15)12-5-2-3-6-12/h4,7-10,12H,2-3,5-6,11H2,1H3. The van der Waals surface area contributed by atoms with Gasteiger partial charge in [-0.3, -0.25) is 4.68 Å². The van der Waals surface area contributed by atoms with E-state index in [4.69, 9.17) is 4.74 Å². The van der Waals surface area contributed by atoms with Crippen molar-refractivity contribution in [2.75, 3.05) is 0 Å². The maximum absolute atomic E-state index is 5.79. The van der Waals surface area contributed by atoms with E-state index < -0.39 is 0 Å². The van der Waals surface area contributed by atoms with Crippen molar-refractivity contribution in [1.82, 2.24) is 15.0 Å². The predicted molar refractivity (Wildman–Crippen MR) is 73.0 cm³/mol. The van der Waals surface area contributed by atoms with Crippen molar-refractivity contribution >= 4 is 0 Å². The lowest BCUT2D eigenvalue weighted by molar-refractivity contribution is 0.300. The Bertz CT molecular complexity index is 544. The van der Waals surface area contributed by atoms with Crippen LogP contribution < -0.4 is 4.74 Å². The van der Waals surface area contributed by atoms with Crippen LogP contribution >= 0.6 is 0 Å². The molecular formula is C15H19N3O. The lowest BCUT2D eigenvalue weighted by Crippen LogP contribution is -1.98. The summed E-state index contributed by atoms with van der Waals surface area (Å²) >= 11 is 0. The minimum absolute atomic E-state index is 0.474. The fourth-order valence-electron chi connectivity index (χ4n) is 2.74. The molecule has 1 aromatic heterocycles. The third-order valence-electron chi connectivity index (χ3n) is 3.72. The fraction of sp³-hybridized carbons (Fsp3) is 0.467. The van der Waals surface area contributed by atoms with E-state index in [1.807, 2.05) is 19.3 Å². The van der Waals surface area contributed by atoms with Gasteiger partial charge in [-0.1, -0.05) is 30.2 Å². The maximum Gasteiger partial charge on any atom is 0.134 e. The first-order valence-corrected chi connectivity index (χ1v) is 6.89. The molecule has 2 aromatic rings. The van der Waals surface area contributed by atoms with Gasteiger partial charge in [0.05, 0.1) is 6.20 Å². The van der Waals surface area contributed by atoms with Crippen LogP contribution in [0.4, 0.5) is 0 Å². The number of nitrogens with zero attached hydrogens (tertiary/aromatic N) is 3. The van der Waals surface area contributed by atoms with Crippen LogP contribution in [0.2, 0.25) is 0 Å². The summed E-state index contributed by atoms with van der Waals surface area (Å²) in [6.45, 7) is 0.474. The van der Waals surface area contributed by atoms with E-state index in [2.05, 4.69) is 28.5 Å². The van der Waals surface area contributed by atoms with Gasteiger partial charge in [-0.05, 0) is 36.5 Å². The van der Waals surface area contributed by atoms with Gasteiger partial charge in [-0.25, -0.2) is 0 Å². The van der Waals surface area contributed by atoms with Crippen molar-refractivity contribution in [2.45, 2.75) is 38.2 Å². The van der Waals surface area contributed by atoms with Gasteiger partial charge in [-0.15, -0.1) is 5.10 Å². The number of aromatic nitrogens is 3. The molecular weight excluding hydrogens is 238 g/mol. The molecule has 0 atom stereocenters. The van der Waals surface area contributed by atoms with Gasteiger partial charge in [0.2, 0.25) is 0 Å². The number of ether oxygens (including phenoxy) is 1. The van der Waals surface area contributed by atoms with Gasteiger partial charge in [-0.2, -0.15) is 0 Å². The van der Waals surface area contributed by atoms with E-state index in [1.54, 1.807) is 4.68 Å². The maximum atomic E-state index is 5.79. The minimum atomic E-state index is 0.474. The SMILES string of the molecule is Cn1cc(COc2cccc(C3CCCC3)c2)nn1. The Hall–Kier alpha value is -1.84. The molecule has 0 saturated heterocycles. The van der Waals surface area contributed by atoms with Crippen LogP contribution in [0.1, 0.15) is 42.9 Å². The van der Waals surface area contributed by atoms with Crippen LogP contribution in [0.5, 0.6) is 5.75 Å². The zero-order valence-corrected chi connectivity index (χ0v) is 11.2. The first kappa shape index (κ1) is 12.2. The van der Waals surface area contributed by atoms with Crippen LogP contribution in [-0.2, 0) is 13.7 Å². The van der Waals surface area contributed by atoms with Crippen molar-refractivity contribution < 1.29 is 4.74 Å². The molecule has 1 heterocycles. The van der Waals surface area contributed by atoms with Gasteiger partial charge in [0.1, 0.15) is 18.1 Å². The molecule has 3 rings (SSSR count). The molecule has 1 aromatic carbocycles. The van der Waals surface area contributed by atoms with Gasteiger partial charge >= 0.3 is 0 Å². The third kappa shape index (κ3) is 2.95. The Morgan fingerprint density at radius 1 is 1.32 bits per heavy atom. The second-order valence-corrected chi connectivity index (χ2v) is 5.23. The van der Waals surface area contributed by atoms with Gasteiger partial charge < -0.3 is 4.74 Å². The number of hydrogen-bond acceptors (Lipinski definition) is 3. The number of aryl methyl sites for hydroxylation is 1. The predicted octanol–water partition coefficient (Wildman–Crippen LogP) is 3.05. The molecule has 0 N–H and O–H groups in total. The largest absolute Gasteiger partial charge is 0.487 e.